The van der Waals surface area contributed by atoms with Crippen molar-refractivity contribution in [1.82, 2.24) is 0 Å². The summed E-state index contributed by atoms with van der Waals surface area (Å²) >= 11 is 0. The van der Waals surface area contributed by atoms with E-state index in [9.17, 15) is 4.79 Å². The molecule has 0 saturated carbocycles. The van der Waals surface area contributed by atoms with E-state index in [2.05, 4.69) is 5.32 Å². The van der Waals surface area contributed by atoms with Gasteiger partial charge in [-0.15, -0.1) is 0 Å². The number of anilines is 1. The molecule has 0 aliphatic heterocycles. The molecule has 2 aromatic carbocycles. The van der Waals surface area contributed by atoms with Gasteiger partial charge in [-0.05, 0) is 36.8 Å². The number of hydrogen-bond donors (Lipinski definition) is 2. The number of aliphatic hydroxyl groups is 1. The minimum Gasteiger partial charge on any atom is -0.496 e. The first kappa shape index (κ1) is 14.1. The number of aryl methyl sites for hydroxylation is 1. The normalized spacial score (nSPS) is 10.2. The highest BCUT2D eigenvalue weighted by Gasteiger charge is 2.12. The minimum absolute atomic E-state index is 0.0581. The molecule has 0 fully saturated rings. The van der Waals surface area contributed by atoms with E-state index in [-0.39, 0.29) is 12.5 Å². The zero-order chi connectivity index (χ0) is 14.5. The maximum atomic E-state index is 12.3. The quantitative estimate of drug-likeness (QED) is 0.899. The van der Waals surface area contributed by atoms with Crippen LogP contribution in [-0.4, -0.2) is 18.1 Å². The zero-order valence-corrected chi connectivity index (χ0v) is 11.5. The number of hydrogen-bond acceptors (Lipinski definition) is 3. The molecule has 0 unspecified atom stereocenters. The number of aliphatic hydroxyl groups excluding tert-OH is 1. The van der Waals surface area contributed by atoms with E-state index in [0.717, 1.165) is 11.1 Å². The standard InChI is InChI=1S/C16H17NO3/c1-11-6-7-15(20-2)14(8-11)16(19)17-13-5-3-4-12(9-13)10-18/h3-9,18H,10H2,1-2H3,(H,17,19). The maximum absolute atomic E-state index is 12.3. The van der Waals surface area contributed by atoms with Crippen LogP contribution in [0.3, 0.4) is 0 Å². The highest BCUT2D eigenvalue weighted by Crippen LogP contribution is 2.21. The summed E-state index contributed by atoms with van der Waals surface area (Å²) in [5.74, 6) is 0.298. The molecule has 0 aromatic heterocycles. The number of carbonyl (C=O) groups excluding carboxylic acids is 1. The van der Waals surface area contributed by atoms with Gasteiger partial charge >= 0.3 is 0 Å². The SMILES string of the molecule is COc1ccc(C)cc1C(=O)Nc1cccc(CO)c1. The van der Waals surface area contributed by atoms with Crippen LogP contribution in [0.2, 0.25) is 0 Å². The lowest BCUT2D eigenvalue weighted by molar-refractivity contribution is 0.102. The van der Waals surface area contributed by atoms with Crippen LogP contribution in [0.5, 0.6) is 5.75 Å². The summed E-state index contributed by atoms with van der Waals surface area (Å²) in [5, 5.41) is 11.9. The first-order chi connectivity index (χ1) is 9.63. The fourth-order valence-corrected chi connectivity index (χ4v) is 1.95. The largest absolute Gasteiger partial charge is 0.496 e. The Balaban J connectivity index is 2.25. The van der Waals surface area contributed by atoms with Crippen molar-refractivity contribution in [3.05, 3.63) is 59.2 Å². The first-order valence-electron chi connectivity index (χ1n) is 6.30. The van der Waals surface area contributed by atoms with Gasteiger partial charge in [0.1, 0.15) is 5.75 Å². The minimum atomic E-state index is -0.236. The van der Waals surface area contributed by atoms with E-state index in [1.54, 1.807) is 36.4 Å². The monoisotopic (exact) mass is 271 g/mol. The van der Waals surface area contributed by atoms with Crippen molar-refractivity contribution >= 4 is 11.6 Å². The van der Waals surface area contributed by atoms with E-state index in [4.69, 9.17) is 9.84 Å². The second-order valence-corrected chi connectivity index (χ2v) is 4.52. The molecular formula is C16H17NO3. The van der Waals surface area contributed by atoms with E-state index in [1.807, 2.05) is 13.0 Å². The van der Waals surface area contributed by atoms with Gasteiger partial charge in [-0.2, -0.15) is 0 Å². The molecule has 0 radical (unpaired) electrons. The second-order valence-electron chi connectivity index (χ2n) is 4.52. The average Bonchev–Trinajstić information content (AvgIpc) is 2.47. The molecule has 0 aliphatic carbocycles. The predicted octanol–water partition coefficient (Wildman–Crippen LogP) is 2.75. The lowest BCUT2D eigenvalue weighted by Crippen LogP contribution is -2.13. The topological polar surface area (TPSA) is 58.6 Å². The lowest BCUT2D eigenvalue weighted by Gasteiger charge is -2.10. The van der Waals surface area contributed by atoms with Crippen LogP contribution in [0.4, 0.5) is 5.69 Å². The van der Waals surface area contributed by atoms with Crippen LogP contribution in [0, 0.1) is 6.92 Å². The zero-order valence-electron chi connectivity index (χ0n) is 11.5. The highest BCUT2D eigenvalue weighted by atomic mass is 16.5. The number of carbonyl (C=O) groups is 1. The lowest BCUT2D eigenvalue weighted by atomic mass is 10.1. The molecular weight excluding hydrogens is 254 g/mol. The Bertz CT molecular complexity index is 623. The van der Waals surface area contributed by atoms with Gasteiger partial charge in [0.05, 0.1) is 19.3 Å². The molecule has 4 nitrogen and oxygen atoms in total. The molecule has 0 heterocycles. The van der Waals surface area contributed by atoms with E-state index in [0.29, 0.717) is 17.0 Å². The molecule has 0 atom stereocenters. The van der Waals surface area contributed by atoms with Crippen molar-refractivity contribution in [2.45, 2.75) is 13.5 Å². The first-order valence-corrected chi connectivity index (χ1v) is 6.30. The van der Waals surface area contributed by atoms with Crippen LogP contribution in [0.15, 0.2) is 42.5 Å². The molecule has 2 N–H and O–H groups in total. The molecule has 104 valence electrons. The fraction of sp³-hybridized carbons (Fsp3) is 0.188. The maximum Gasteiger partial charge on any atom is 0.259 e. The molecule has 0 spiro atoms. The van der Waals surface area contributed by atoms with Gasteiger partial charge in [0.25, 0.3) is 5.91 Å². The Morgan fingerprint density at radius 2 is 2.05 bits per heavy atom. The molecule has 2 rings (SSSR count). The van der Waals surface area contributed by atoms with E-state index < -0.39 is 0 Å². The summed E-state index contributed by atoms with van der Waals surface area (Å²) in [6.07, 6.45) is 0. The van der Waals surface area contributed by atoms with Gasteiger partial charge in [-0.25, -0.2) is 0 Å². The van der Waals surface area contributed by atoms with E-state index >= 15 is 0 Å². The number of rotatable bonds is 4. The second kappa shape index (κ2) is 6.21. The van der Waals surface area contributed by atoms with Gasteiger partial charge in [-0.1, -0.05) is 23.8 Å². The number of ether oxygens (including phenoxy) is 1. The Labute approximate surface area is 118 Å². The summed E-state index contributed by atoms with van der Waals surface area (Å²) in [7, 11) is 1.54. The molecule has 0 aliphatic rings. The summed E-state index contributed by atoms with van der Waals surface area (Å²) < 4.78 is 5.20. The molecule has 2 aromatic rings. The van der Waals surface area contributed by atoms with Gasteiger partial charge in [-0.3, -0.25) is 4.79 Å². The Morgan fingerprint density at radius 1 is 1.25 bits per heavy atom. The van der Waals surface area contributed by atoms with Crippen molar-refractivity contribution in [2.24, 2.45) is 0 Å². The van der Waals surface area contributed by atoms with Crippen LogP contribution >= 0.6 is 0 Å². The Hall–Kier alpha value is -2.33. The summed E-state index contributed by atoms with van der Waals surface area (Å²) in [6.45, 7) is 1.86. The summed E-state index contributed by atoms with van der Waals surface area (Å²) in [4.78, 5) is 12.3. The molecule has 1 amide bonds. The molecule has 4 heteroatoms. The van der Waals surface area contributed by atoms with Gasteiger partial charge in [0, 0.05) is 5.69 Å². The van der Waals surface area contributed by atoms with Crippen LogP contribution < -0.4 is 10.1 Å². The number of amides is 1. The third kappa shape index (κ3) is 3.16. The van der Waals surface area contributed by atoms with Gasteiger partial charge < -0.3 is 15.2 Å². The van der Waals surface area contributed by atoms with Crippen molar-refractivity contribution in [1.29, 1.82) is 0 Å². The van der Waals surface area contributed by atoms with Gasteiger partial charge in [0.15, 0.2) is 0 Å². The average molecular weight is 271 g/mol. The predicted molar refractivity (Wildman–Crippen MR) is 78.0 cm³/mol. The molecule has 0 saturated heterocycles. The van der Waals surface area contributed by atoms with E-state index in [1.165, 1.54) is 7.11 Å². The third-order valence-corrected chi connectivity index (χ3v) is 2.97. The number of nitrogens with one attached hydrogen (secondary N) is 1. The third-order valence-electron chi connectivity index (χ3n) is 2.97. The van der Waals surface area contributed by atoms with Crippen molar-refractivity contribution in [3.8, 4) is 5.75 Å². The summed E-state index contributed by atoms with van der Waals surface area (Å²) in [6, 6.07) is 12.5. The Kier molecular flexibility index (Phi) is 4.38. The smallest absolute Gasteiger partial charge is 0.259 e. The van der Waals surface area contributed by atoms with Crippen molar-refractivity contribution in [3.63, 3.8) is 0 Å². The van der Waals surface area contributed by atoms with Gasteiger partial charge in [0.2, 0.25) is 0 Å². The highest BCUT2D eigenvalue weighted by molar-refractivity contribution is 6.06. The molecule has 20 heavy (non-hydrogen) atoms. The van der Waals surface area contributed by atoms with Crippen LogP contribution in [-0.2, 0) is 6.61 Å². The van der Waals surface area contributed by atoms with Crippen LogP contribution in [0.25, 0.3) is 0 Å². The summed E-state index contributed by atoms with van der Waals surface area (Å²) in [5.41, 5.74) is 2.87. The number of benzene rings is 2. The fourth-order valence-electron chi connectivity index (χ4n) is 1.95. The number of methoxy groups -OCH3 is 1. The van der Waals surface area contributed by atoms with Crippen LogP contribution in [0.1, 0.15) is 21.5 Å². The Morgan fingerprint density at radius 3 is 2.75 bits per heavy atom. The van der Waals surface area contributed by atoms with Crippen molar-refractivity contribution in [2.75, 3.05) is 12.4 Å². The molecule has 0 bridgehead atoms. The van der Waals surface area contributed by atoms with Crippen molar-refractivity contribution < 1.29 is 14.6 Å².